The van der Waals surface area contributed by atoms with Crippen LogP contribution in [0.1, 0.15) is 23.9 Å². The van der Waals surface area contributed by atoms with Crippen molar-refractivity contribution in [2.45, 2.75) is 20.8 Å². The van der Waals surface area contributed by atoms with E-state index in [-0.39, 0.29) is 16.3 Å². The van der Waals surface area contributed by atoms with E-state index >= 15 is 0 Å². The van der Waals surface area contributed by atoms with Gasteiger partial charge < -0.3 is 9.30 Å². The van der Waals surface area contributed by atoms with E-state index in [9.17, 15) is 18.8 Å². The van der Waals surface area contributed by atoms with Gasteiger partial charge in [-0.15, -0.1) is 0 Å². The molecule has 0 bridgehead atoms. The molecule has 0 atom stereocenters. The van der Waals surface area contributed by atoms with Gasteiger partial charge in [0.15, 0.2) is 0 Å². The number of para-hydroxylation sites is 2. The molecule has 3 aromatic rings. The van der Waals surface area contributed by atoms with Gasteiger partial charge in [0.25, 0.3) is 11.8 Å². The molecule has 7 nitrogen and oxygen atoms in total. The molecule has 0 saturated carbocycles. The second kappa shape index (κ2) is 9.15. The van der Waals surface area contributed by atoms with Gasteiger partial charge in [-0.25, -0.2) is 14.1 Å². The predicted molar refractivity (Wildman–Crippen MR) is 127 cm³/mol. The fraction of sp³-hybridized carbons (Fsp3) is 0.160. The molecule has 174 valence electrons. The number of imide groups is 2. The van der Waals surface area contributed by atoms with Gasteiger partial charge in [0.05, 0.1) is 17.3 Å². The first kappa shape index (κ1) is 23.3. The highest BCUT2D eigenvalue weighted by Crippen LogP contribution is 2.32. The van der Waals surface area contributed by atoms with Gasteiger partial charge in [0, 0.05) is 17.1 Å². The Morgan fingerprint density at radius 3 is 2.53 bits per heavy atom. The summed E-state index contributed by atoms with van der Waals surface area (Å²) in [4.78, 5) is 39.4. The summed E-state index contributed by atoms with van der Waals surface area (Å²) in [5, 5.41) is 2.20. The lowest BCUT2D eigenvalue weighted by Gasteiger charge is -2.27. The van der Waals surface area contributed by atoms with Gasteiger partial charge in [0.1, 0.15) is 17.1 Å². The monoisotopic (exact) mass is 481 g/mol. The molecule has 1 N–H and O–H groups in total. The molecule has 1 fully saturated rings. The lowest BCUT2D eigenvalue weighted by atomic mass is 10.1. The van der Waals surface area contributed by atoms with E-state index in [0.29, 0.717) is 29.3 Å². The number of ether oxygens (including phenoxy) is 1. The minimum absolute atomic E-state index is 0.0196. The van der Waals surface area contributed by atoms with Crippen LogP contribution >= 0.6 is 11.6 Å². The molecule has 9 heteroatoms. The summed E-state index contributed by atoms with van der Waals surface area (Å²) >= 11 is 5.95. The van der Waals surface area contributed by atoms with Crippen LogP contribution in [0.15, 0.2) is 54.1 Å². The van der Waals surface area contributed by atoms with Crippen LogP contribution in [0.2, 0.25) is 5.02 Å². The molecule has 0 spiro atoms. The molecule has 0 radical (unpaired) electrons. The minimum Gasteiger partial charge on any atom is -0.492 e. The highest BCUT2D eigenvalue weighted by Gasteiger charge is 2.38. The number of aryl methyl sites for hydroxylation is 1. The summed E-state index contributed by atoms with van der Waals surface area (Å²) in [6.45, 7) is 5.76. The second-order valence-corrected chi connectivity index (χ2v) is 8.03. The Bertz CT molecular complexity index is 1360. The van der Waals surface area contributed by atoms with Crippen molar-refractivity contribution in [2.75, 3.05) is 11.5 Å². The van der Waals surface area contributed by atoms with E-state index in [2.05, 4.69) is 5.32 Å². The van der Waals surface area contributed by atoms with Crippen LogP contribution in [-0.2, 0) is 9.59 Å². The van der Waals surface area contributed by atoms with Gasteiger partial charge in [-0.05, 0) is 68.8 Å². The predicted octanol–water partition coefficient (Wildman–Crippen LogP) is 4.95. The number of rotatable bonds is 5. The SMILES string of the molecule is CCOc1ccccc1N1C(=O)NC(=O)/C(=C\c2cc(C)n(-c3ccc(F)c(Cl)c3)c2C)C1=O. The number of nitrogens with one attached hydrogen (secondary N) is 1. The van der Waals surface area contributed by atoms with E-state index in [0.717, 1.165) is 10.6 Å². The minimum atomic E-state index is -0.856. The number of urea groups is 1. The van der Waals surface area contributed by atoms with Crippen LogP contribution in [0.25, 0.3) is 11.8 Å². The first-order valence-electron chi connectivity index (χ1n) is 10.5. The van der Waals surface area contributed by atoms with Gasteiger partial charge in [-0.1, -0.05) is 23.7 Å². The Balaban J connectivity index is 1.77. The summed E-state index contributed by atoms with van der Waals surface area (Å²) in [5.74, 6) is -1.75. The zero-order chi connectivity index (χ0) is 24.6. The fourth-order valence-corrected chi connectivity index (χ4v) is 4.08. The Morgan fingerprint density at radius 1 is 1.09 bits per heavy atom. The first-order chi connectivity index (χ1) is 16.2. The van der Waals surface area contributed by atoms with Gasteiger partial charge in [-0.3, -0.25) is 14.9 Å². The van der Waals surface area contributed by atoms with Gasteiger partial charge >= 0.3 is 6.03 Å². The van der Waals surface area contributed by atoms with Crippen molar-refractivity contribution in [3.05, 3.63) is 81.9 Å². The number of nitrogens with zero attached hydrogens (tertiary/aromatic N) is 2. The van der Waals surface area contributed by atoms with E-state index in [1.54, 1.807) is 50.2 Å². The third kappa shape index (κ3) is 4.08. The number of hydrogen-bond acceptors (Lipinski definition) is 4. The topological polar surface area (TPSA) is 80.6 Å². The largest absolute Gasteiger partial charge is 0.492 e. The maximum atomic E-state index is 13.6. The van der Waals surface area contributed by atoms with Crippen molar-refractivity contribution in [3.8, 4) is 11.4 Å². The van der Waals surface area contributed by atoms with Crippen molar-refractivity contribution in [3.63, 3.8) is 0 Å². The highest BCUT2D eigenvalue weighted by molar-refractivity contribution is 6.39. The molecular weight excluding hydrogens is 461 g/mol. The number of barbiturate groups is 1. The molecule has 2 heterocycles. The third-order valence-electron chi connectivity index (χ3n) is 5.44. The smallest absolute Gasteiger partial charge is 0.336 e. The van der Waals surface area contributed by atoms with Crippen molar-refractivity contribution in [1.82, 2.24) is 9.88 Å². The number of halogens is 2. The van der Waals surface area contributed by atoms with Crippen molar-refractivity contribution < 1.29 is 23.5 Å². The van der Waals surface area contributed by atoms with E-state index in [1.165, 1.54) is 18.2 Å². The molecule has 0 aliphatic carbocycles. The summed E-state index contributed by atoms with van der Waals surface area (Å²) < 4.78 is 21.0. The van der Waals surface area contributed by atoms with Gasteiger partial charge in [-0.2, -0.15) is 0 Å². The molecule has 34 heavy (non-hydrogen) atoms. The summed E-state index contributed by atoms with van der Waals surface area (Å²) in [7, 11) is 0. The first-order valence-corrected chi connectivity index (χ1v) is 10.9. The van der Waals surface area contributed by atoms with Crippen molar-refractivity contribution in [2.24, 2.45) is 0 Å². The Labute approximate surface area is 200 Å². The number of hydrogen-bond donors (Lipinski definition) is 1. The quantitative estimate of drug-likeness (QED) is 0.413. The van der Waals surface area contributed by atoms with E-state index < -0.39 is 23.7 Å². The summed E-state index contributed by atoms with van der Waals surface area (Å²) in [6.07, 6.45) is 1.43. The molecule has 0 unspecified atom stereocenters. The second-order valence-electron chi connectivity index (χ2n) is 7.62. The summed E-state index contributed by atoms with van der Waals surface area (Å²) in [5.41, 5.74) is 2.73. The Hall–Kier alpha value is -3.91. The molecule has 1 aromatic heterocycles. The normalized spacial score (nSPS) is 15.1. The number of amides is 4. The van der Waals surface area contributed by atoms with Crippen LogP contribution in [0.5, 0.6) is 5.75 Å². The zero-order valence-corrected chi connectivity index (χ0v) is 19.4. The average Bonchev–Trinajstić information content (AvgIpc) is 3.07. The lowest BCUT2D eigenvalue weighted by Crippen LogP contribution is -2.54. The van der Waals surface area contributed by atoms with E-state index in [4.69, 9.17) is 16.3 Å². The lowest BCUT2D eigenvalue weighted by molar-refractivity contribution is -0.122. The Morgan fingerprint density at radius 2 is 1.82 bits per heavy atom. The molecule has 4 amide bonds. The molecular formula is C25H21ClFN3O4. The number of carbonyl (C=O) groups excluding carboxylic acids is 3. The summed E-state index contributed by atoms with van der Waals surface area (Å²) in [6, 6.07) is 11.9. The molecule has 1 aliphatic heterocycles. The number of aromatic nitrogens is 1. The van der Waals surface area contributed by atoms with Crippen LogP contribution in [-0.4, -0.2) is 29.0 Å². The fourth-order valence-electron chi connectivity index (χ4n) is 3.91. The molecule has 1 saturated heterocycles. The maximum absolute atomic E-state index is 13.6. The number of benzene rings is 2. The molecule has 4 rings (SSSR count). The van der Waals surface area contributed by atoms with Crippen LogP contribution in [0.3, 0.4) is 0 Å². The molecule has 2 aromatic carbocycles. The van der Waals surface area contributed by atoms with Crippen molar-refractivity contribution >= 4 is 41.2 Å². The van der Waals surface area contributed by atoms with Crippen LogP contribution in [0, 0.1) is 19.7 Å². The molecule has 1 aliphatic rings. The van der Waals surface area contributed by atoms with E-state index in [1.807, 2.05) is 11.5 Å². The average molecular weight is 482 g/mol. The van der Waals surface area contributed by atoms with Crippen LogP contribution < -0.4 is 15.0 Å². The zero-order valence-electron chi connectivity index (χ0n) is 18.7. The highest BCUT2D eigenvalue weighted by atomic mass is 35.5. The number of anilines is 1. The maximum Gasteiger partial charge on any atom is 0.336 e. The number of carbonyl (C=O) groups is 3. The Kier molecular flexibility index (Phi) is 6.26. The van der Waals surface area contributed by atoms with Crippen LogP contribution in [0.4, 0.5) is 14.9 Å². The van der Waals surface area contributed by atoms with Crippen molar-refractivity contribution in [1.29, 1.82) is 0 Å². The standard InChI is InChI=1S/C25H21ClFN3O4/c1-4-34-22-8-6-5-7-21(22)30-24(32)18(23(31)28-25(30)33)12-16-11-14(2)29(15(16)3)17-9-10-20(27)19(26)13-17/h5-13H,4H2,1-3H3,(H,28,31,33)/b18-12+. The van der Waals surface area contributed by atoms with Gasteiger partial charge in [0.2, 0.25) is 0 Å². The third-order valence-corrected chi connectivity index (χ3v) is 5.73.